The Morgan fingerprint density at radius 1 is 0.244 bits per heavy atom. The van der Waals surface area contributed by atoms with E-state index in [2.05, 4.69) is 193 Å². The van der Waals surface area contributed by atoms with Crippen LogP contribution in [0.3, 0.4) is 0 Å². The third-order valence-corrected chi connectivity index (χ3v) is 28.8. The minimum Gasteiger partial charge on any atom is -0.203 e. The molecule has 0 bridgehead atoms. The molecule has 0 aliphatic heterocycles. The summed E-state index contributed by atoms with van der Waals surface area (Å²) in [4.78, 5) is 0. The molecule has 0 unspecified atom stereocenters. The summed E-state index contributed by atoms with van der Waals surface area (Å²) >= 11 is 0. The molecule has 0 fully saturated rings. The molecule has 3 heteroatoms. The molecule has 0 spiro atoms. The Bertz CT molecular complexity index is 1360. The van der Waals surface area contributed by atoms with Crippen LogP contribution in [-0.2, 0) is 36.3 Å². The Morgan fingerprint density at radius 2 is 0.400 bits per heavy atom. The van der Waals surface area contributed by atoms with Crippen molar-refractivity contribution in [1.82, 2.24) is 0 Å². The van der Waals surface area contributed by atoms with E-state index in [0.717, 1.165) is 36.3 Å². The van der Waals surface area contributed by atoms with Crippen LogP contribution in [0.4, 0.5) is 0 Å². The molecular weight excluding hydrogens is 593 g/mol. The van der Waals surface area contributed by atoms with E-state index < -0.39 is 14.4 Å². The van der Waals surface area contributed by atoms with Gasteiger partial charge in [-0.25, -0.2) is 10.7 Å². The monoisotopic (exact) mass is 634 g/mol. The molecule has 0 heterocycles. The fourth-order valence-corrected chi connectivity index (χ4v) is 34.1. The average Bonchev–Trinajstić information content (AvgIpc) is 3.07. The molecule has 0 N–H and O–H groups in total. The van der Waals surface area contributed by atoms with Gasteiger partial charge in [-0.1, -0.05) is 182 Å². The highest BCUT2D eigenvalue weighted by atomic mass is 32.5. The molecule has 6 rings (SSSR count). The summed E-state index contributed by atoms with van der Waals surface area (Å²) < 4.78 is 0. The number of benzene rings is 6. The quantitative estimate of drug-likeness (QED) is 0.107. The second-order valence-corrected chi connectivity index (χ2v) is 27.1. The molecule has 0 saturated heterocycles. The molecular formula is C42H42SSi2. The molecule has 6 aromatic carbocycles. The van der Waals surface area contributed by atoms with Crippen LogP contribution in [-0.4, -0.2) is 14.4 Å². The Labute approximate surface area is 275 Å². The maximum absolute atomic E-state index is 2.53. The Kier molecular flexibility index (Phi) is 10.6. The first-order chi connectivity index (χ1) is 22.2. The zero-order chi connectivity index (χ0) is 30.6. The van der Waals surface area contributed by atoms with E-state index in [9.17, 15) is 0 Å². The van der Waals surface area contributed by atoms with Gasteiger partial charge in [0.2, 0.25) is 0 Å². The van der Waals surface area contributed by atoms with Crippen molar-refractivity contribution in [3.8, 4) is 0 Å². The molecule has 0 radical (unpaired) electrons. The van der Waals surface area contributed by atoms with Crippen LogP contribution in [0.1, 0.15) is 33.4 Å². The van der Waals surface area contributed by atoms with Crippen LogP contribution >= 0.6 is 10.7 Å². The third kappa shape index (κ3) is 9.07. The van der Waals surface area contributed by atoms with Crippen molar-refractivity contribution in [2.45, 2.75) is 36.3 Å². The maximum Gasteiger partial charge on any atom is 0.123 e. The Morgan fingerprint density at radius 3 is 0.556 bits per heavy atom. The Hall–Kier alpha value is -3.90. The van der Waals surface area contributed by atoms with Gasteiger partial charge in [0.1, 0.15) is 14.4 Å². The van der Waals surface area contributed by atoms with Gasteiger partial charge in [-0.2, -0.15) is 0 Å². The average molecular weight is 635 g/mol. The maximum atomic E-state index is 2.53. The second-order valence-electron chi connectivity index (χ2n) is 12.4. The van der Waals surface area contributed by atoms with Gasteiger partial charge in [-0.3, -0.25) is 0 Å². The molecule has 6 aromatic rings. The van der Waals surface area contributed by atoms with Crippen LogP contribution in [0.15, 0.2) is 182 Å². The van der Waals surface area contributed by atoms with E-state index in [1.807, 2.05) is 0 Å². The minimum atomic E-state index is -2.14. The highest BCUT2D eigenvalue weighted by molar-refractivity contribution is 8.49. The molecule has 0 nitrogen and oxygen atoms in total. The minimum absolute atomic E-state index is 1.16. The van der Waals surface area contributed by atoms with Crippen molar-refractivity contribution in [2.24, 2.45) is 0 Å². The summed E-state index contributed by atoms with van der Waals surface area (Å²) in [7, 11) is -1.74. The Balaban J connectivity index is 1.53. The lowest BCUT2D eigenvalue weighted by molar-refractivity contribution is 1.16. The number of rotatable bonds is 14. The summed E-state index contributed by atoms with van der Waals surface area (Å²) in [6.45, 7) is 0. The van der Waals surface area contributed by atoms with Gasteiger partial charge in [-0.05, 0) is 69.6 Å². The van der Waals surface area contributed by atoms with E-state index in [0.29, 0.717) is 0 Å². The standard InChI is InChI=1S/C42H42SSi2/c1-7-19-37(20-8-1)31-44(32-38-21-9-2-10-22-38,33-39-23-11-3-12-24-39)43-45(34-40-25-13-4-14-26-40,35-41-27-15-5-16-28-41)36-42-29-17-6-18-30-42/h1-30H,31-36H2. The fourth-order valence-electron chi connectivity index (χ4n) is 6.86. The molecule has 224 valence electrons. The van der Waals surface area contributed by atoms with Crippen LogP contribution in [0, 0.1) is 0 Å². The first-order valence-electron chi connectivity index (χ1n) is 16.1. The SMILES string of the molecule is c1ccc(C[Si](Cc2ccccc2)(Cc2ccccc2)S[Si](Cc2ccccc2)(Cc2ccccc2)Cc2ccccc2)cc1. The zero-order valence-corrected chi connectivity index (χ0v) is 28.8. The van der Waals surface area contributed by atoms with Gasteiger partial charge in [0, 0.05) is 0 Å². The molecule has 0 aromatic heterocycles. The van der Waals surface area contributed by atoms with Crippen LogP contribution < -0.4 is 0 Å². The first kappa shape index (κ1) is 31.1. The molecule has 0 aliphatic rings. The summed E-state index contributed by atoms with van der Waals surface area (Å²) in [5.41, 5.74) is 8.86. The topological polar surface area (TPSA) is 0 Å². The molecule has 45 heavy (non-hydrogen) atoms. The summed E-state index contributed by atoms with van der Waals surface area (Å²) in [5, 5.41) is 0. The van der Waals surface area contributed by atoms with Crippen molar-refractivity contribution >= 4 is 25.1 Å². The predicted octanol–water partition coefficient (Wildman–Crippen LogP) is 10.3. The van der Waals surface area contributed by atoms with E-state index >= 15 is 0 Å². The van der Waals surface area contributed by atoms with Gasteiger partial charge in [0.05, 0.1) is 0 Å². The summed E-state index contributed by atoms with van der Waals surface area (Å²) in [5.74, 6) is 0. The van der Waals surface area contributed by atoms with E-state index in [1.165, 1.54) is 33.4 Å². The van der Waals surface area contributed by atoms with Gasteiger partial charge >= 0.3 is 0 Å². The largest absolute Gasteiger partial charge is 0.203 e. The lowest BCUT2D eigenvalue weighted by atomic mass is 10.2. The van der Waals surface area contributed by atoms with Crippen molar-refractivity contribution in [3.63, 3.8) is 0 Å². The van der Waals surface area contributed by atoms with Gasteiger partial charge < -0.3 is 0 Å². The number of hydrogen-bond donors (Lipinski definition) is 0. The predicted molar refractivity (Wildman–Crippen MR) is 200 cm³/mol. The molecule has 0 atom stereocenters. The van der Waals surface area contributed by atoms with Crippen molar-refractivity contribution in [3.05, 3.63) is 215 Å². The third-order valence-electron chi connectivity index (χ3n) is 8.65. The summed E-state index contributed by atoms with van der Waals surface area (Å²) in [6.07, 6.45) is 0. The number of hydrogen-bond acceptors (Lipinski definition) is 1. The highest BCUT2D eigenvalue weighted by Crippen LogP contribution is 2.43. The fraction of sp³-hybridized carbons (Fsp3) is 0.143. The van der Waals surface area contributed by atoms with Crippen molar-refractivity contribution in [2.75, 3.05) is 0 Å². The highest BCUT2D eigenvalue weighted by Gasteiger charge is 2.45. The lowest BCUT2D eigenvalue weighted by Crippen LogP contribution is -2.52. The van der Waals surface area contributed by atoms with Crippen LogP contribution in [0.25, 0.3) is 0 Å². The van der Waals surface area contributed by atoms with E-state index in [4.69, 9.17) is 0 Å². The van der Waals surface area contributed by atoms with Gasteiger partial charge in [0.15, 0.2) is 0 Å². The lowest BCUT2D eigenvalue weighted by Gasteiger charge is -2.42. The smallest absolute Gasteiger partial charge is 0.123 e. The second kappa shape index (κ2) is 15.4. The van der Waals surface area contributed by atoms with E-state index in [1.54, 1.807) is 0 Å². The van der Waals surface area contributed by atoms with Crippen LogP contribution in [0.2, 0.25) is 0 Å². The molecule has 0 saturated carbocycles. The van der Waals surface area contributed by atoms with Gasteiger partial charge in [-0.15, -0.1) is 0 Å². The molecule has 0 amide bonds. The normalized spacial score (nSPS) is 11.7. The van der Waals surface area contributed by atoms with E-state index in [-0.39, 0.29) is 0 Å². The molecule has 0 aliphatic carbocycles. The zero-order valence-electron chi connectivity index (χ0n) is 26.0. The van der Waals surface area contributed by atoms with Crippen molar-refractivity contribution < 1.29 is 0 Å². The van der Waals surface area contributed by atoms with Crippen LogP contribution in [0.5, 0.6) is 0 Å². The first-order valence-corrected chi connectivity index (χ1v) is 23.6. The summed E-state index contributed by atoms with van der Waals surface area (Å²) in [6, 6.07) is 75.1. The van der Waals surface area contributed by atoms with Crippen molar-refractivity contribution in [1.29, 1.82) is 0 Å². The van der Waals surface area contributed by atoms with Gasteiger partial charge in [0.25, 0.3) is 0 Å².